The second kappa shape index (κ2) is 6.92. The van der Waals surface area contributed by atoms with Gasteiger partial charge in [-0.15, -0.1) is 0 Å². The van der Waals surface area contributed by atoms with Gasteiger partial charge in [-0.05, 0) is 43.7 Å². The van der Waals surface area contributed by atoms with Crippen LogP contribution in [-0.2, 0) is 11.2 Å². The second-order valence-electron chi connectivity index (χ2n) is 7.04. The van der Waals surface area contributed by atoms with Crippen LogP contribution in [0.2, 0.25) is 0 Å². The van der Waals surface area contributed by atoms with Crippen molar-refractivity contribution in [3.63, 3.8) is 0 Å². The van der Waals surface area contributed by atoms with E-state index in [0.29, 0.717) is 37.5 Å². The van der Waals surface area contributed by atoms with Gasteiger partial charge in [-0.2, -0.15) is 12.6 Å². The van der Waals surface area contributed by atoms with E-state index in [0.717, 1.165) is 30.0 Å². The molecule has 1 atom stereocenters. The van der Waals surface area contributed by atoms with Crippen LogP contribution in [0.1, 0.15) is 51.5 Å². The van der Waals surface area contributed by atoms with Crippen molar-refractivity contribution in [2.24, 2.45) is 0 Å². The average Bonchev–Trinajstić information content (AvgIpc) is 2.52. The predicted octanol–water partition coefficient (Wildman–Crippen LogP) is 2.75. The van der Waals surface area contributed by atoms with Crippen molar-refractivity contribution < 1.29 is 14.6 Å². The molecule has 2 aliphatic rings. The smallest absolute Gasteiger partial charge is 0.228 e. The lowest BCUT2D eigenvalue weighted by Crippen LogP contribution is -2.58. The molecule has 1 fully saturated rings. The Kier molecular flexibility index (Phi) is 5.06. The van der Waals surface area contributed by atoms with Gasteiger partial charge in [0.1, 0.15) is 11.6 Å². The molecule has 3 rings (SSSR count). The summed E-state index contributed by atoms with van der Waals surface area (Å²) in [5.74, 6) is 1.59. The SMILES string of the molecule is CC[C@]1(O)C[C@@H](N2C(=O)CCc3cc(OCCC(C)S)cnc32)C1. The lowest BCUT2D eigenvalue weighted by Gasteiger charge is -2.49. The van der Waals surface area contributed by atoms with E-state index < -0.39 is 5.60 Å². The van der Waals surface area contributed by atoms with Crippen LogP contribution >= 0.6 is 12.6 Å². The van der Waals surface area contributed by atoms with Gasteiger partial charge in [0.05, 0.1) is 18.4 Å². The minimum Gasteiger partial charge on any atom is -0.492 e. The minimum atomic E-state index is -0.616. The van der Waals surface area contributed by atoms with E-state index in [9.17, 15) is 9.90 Å². The normalized spacial score (nSPS) is 27.4. The molecule has 1 saturated carbocycles. The Morgan fingerprint density at radius 3 is 2.92 bits per heavy atom. The molecule has 1 unspecified atom stereocenters. The van der Waals surface area contributed by atoms with Gasteiger partial charge in [0.25, 0.3) is 0 Å². The Labute approximate surface area is 148 Å². The molecular weight excluding hydrogens is 324 g/mol. The molecule has 24 heavy (non-hydrogen) atoms. The number of aromatic nitrogens is 1. The zero-order chi connectivity index (χ0) is 17.3. The van der Waals surface area contributed by atoms with Gasteiger partial charge in [-0.1, -0.05) is 13.8 Å². The monoisotopic (exact) mass is 350 g/mol. The van der Waals surface area contributed by atoms with Gasteiger partial charge >= 0.3 is 0 Å². The largest absolute Gasteiger partial charge is 0.492 e. The highest BCUT2D eigenvalue weighted by Crippen LogP contribution is 2.42. The highest BCUT2D eigenvalue weighted by Gasteiger charge is 2.47. The maximum Gasteiger partial charge on any atom is 0.228 e. The number of ether oxygens (including phenoxy) is 1. The predicted molar refractivity (Wildman–Crippen MR) is 96.9 cm³/mol. The Hall–Kier alpha value is -1.27. The van der Waals surface area contributed by atoms with Crippen LogP contribution in [0.4, 0.5) is 5.82 Å². The molecule has 6 heteroatoms. The number of hydrogen-bond acceptors (Lipinski definition) is 5. The fourth-order valence-corrected chi connectivity index (χ4v) is 3.56. The summed E-state index contributed by atoms with van der Waals surface area (Å²) in [7, 11) is 0. The number of hydrogen-bond donors (Lipinski definition) is 2. The maximum absolute atomic E-state index is 12.4. The van der Waals surface area contributed by atoms with E-state index in [1.807, 2.05) is 19.9 Å². The number of fused-ring (bicyclic) bond motifs is 1. The van der Waals surface area contributed by atoms with Crippen LogP contribution in [0.25, 0.3) is 0 Å². The quantitative estimate of drug-likeness (QED) is 0.775. The summed E-state index contributed by atoms with van der Waals surface area (Å²) in [5.41, 5.74) is 0.438. The highest BCUT2D eigenvalue weighted by molar-refractivity contribution is 7.80. The van der Waals surface area contributed by atoms with Crippen molar-refractivity contribution >= 4 is 24.4 Å². The number of amides is 1. The molecule has 0 bridgehead atoms. The van der Waals surface area contributed by atoms with E-state index in [2.05, 4.69) is 17.6 Å². The molecule has 1 aliphatic carbocycles. The first-order valence-corrected chi connectivity index (χ1v) is 9.28. The van der Waals surface area contributed by atoms with Crippen LogP contribution in [0.3, 0.4) is 0 Å². The number of carbonyl (C=O) groups is 1. The summed E-state index contributed by atoms with van der Waals surface area (Å²) < 4.78 is 5.74. The van der Waals surface area contributed by atoms with Crippen molar-refractivity contribution in [2.75, 3.05) is 11.5 Å². The number of anilines is 1. The van der Waals surface area contributed by atoms with E-state index >= 15 is 0 Å². The van der Waals surface area contributed by atoms with Crippen molar-refractivity contribution in [1.82, 2.24) is 4.98 Å². The Balaban J connectivity index is 1.72. The Morgan fingerprint density at radius 2 is 2.25 bits per heavy atom. The number of carbonyl (C=O) groups excluding carboxylic acids is 1. The maximum atomic E-state index is 12.4. The second-order valence-corrected chi connectivity index (χ2v) is 7.93. The van der Waals surface area contributed by atoms with Crippen LogP contribution in [0.15, 0.2) is 12.3 Å². The third-order valence-electron chi connectivity index (χ3n) is 5.08. The number of aryl methyl sites for hydroxylation is 1. The number of aliphatic hydroxyl groups is 1. The van der Waals surface area contributed by atoms with Gasteiger partial charge in [0, 0.05) is 17.7 Å². The first-order valence-electron chi connectivity index (χ1n) is 8.76. The highest BCUT2D eigenvalue weighted by atomic mass is 32.1. The molecular formula is C18H26N2O3S. The fourth-order valence-electron chi connectivity index (χ4n) is 3.45. The molecule has 5 nitrogen and oxygen atoms in total. The molecule has 1 amide bonds. The lowest BCUT2D eigenvalue weighted by atomic mass is 9.73. The summed E-state index contributed by atoms with van der Waals surface area (Å²) in [6.45, 7) is 4.63. The molecule has 0 aromatic carbocycles. The first-order chi connectivity index (χ1) is 11.4. The molecule has 1 aliphatic heterocycles. The molecule has 132 valence electrons. The zero-order valence-corrected chi connectivity index (χ0v) is 15.3. The van der Waals surface area contributed by atoms with Crippen LogP contribution in [-0.4, -0.2) is 39.5 Å². The van der Waals surface area contributed by atoms with Crippen LogP contribution < -0.4 is 9.64 Å². The van der Waals surface area contributed by atoms with Crippen molar-refractivity contribution in [3.05, 3.63) is 17.8 Å². The van der Waals surface area contributed by atoms with Gasteiger partial charge in [0.15, 0.2) is 0 Å². The van der Waals surface area contributed by atoms with Gasteiger partial charge in [-0.25, -0.2) is 4.98 Å². The lowest BCUT2D eigenvalue weighted by molar-refractivity contribution is -0.122. The number of pyridine rings is 1. The molecule has 0 radical (unpaired) electrons. The van der Waals surface area contributed by atoms with Crippen molar-refractivity contribution in [3.8, 4) is 5.75 Å². The van der Waals surface area contributed by atoms with Crippen LogP contribution in [0.5, 0.6) is 5.75 Å². The van der Waals surface area contributed by atoms with E-state index in [4.69, 9.17) is 4.74 Å². The van der Waals surface area contributed by atoms with Crippen molar-refractivity contribution in [1.29, 1.82) is 0 Å². The zero-order valence-electron chi connectivity index (χ0n) is 14.4. The third-order valence-corrected chi connectivity index (χ3v) is 5.34. The Morgan fingerprint density at radius 1 is 1.50 bits per heavy atom. The molecule has 1 N–H and O–H groups in total. The van der Waals surface area contributed by atoms with Gasteiger partial charge < -0.3 is 9.84 Å². The van der Waals surface area contributed by atoms with Gasteiger partial charge in [0.2, 0.25) is 5.91 Å². The summed E-state index contributed by atoms with van der Waals surface area (Å²) >= 11 is 4.35. The van der Waals surface area contributed by atoms with E-state index in [-0.39, 0.29) is 11.9 Å². The van der Waals surface area contributed by atoms with E-state index in [1.165, 1.54) is 0 Å². The molecule has 0 saturated heterocycles. The molecule has 0 spiro atoms. The number of thiol groups is 1. The summed E-state index contributed by atoms with van der Waals surface area (Å²) in [5, 5.41) is 10.6. The van der Waals surface area contributed by atoms with Crippen LogP contribution in [0, 0.1) is 0 Å². The first kappa shape index (κ1) is 17.5. The molecule has 1 aromatic heterocycles. The Bertz CT molecular complexity index is 614. The third kappa shape index (κ3) is 3.54. The average molecular weight is 350 g/mol. The standard InChI is InChI=1S/C18H26N2O3S/c1-3-18(22)9-14(10-18)20-16(21)5-4-13-8-15(11-19-17(13)20)23-7-6-12(2)24/h8,11-12,14,22,24H,3-7,9-10H2,1-2H3/t12?,14-,18+. The number of nitrogens with zero attached hydrogens (tertiary/aromatic N) is 2. The fraction of sp³-hybridized carbons (Fsp3) is 0.667. The molecule has 2 heterocycles. The number of rotatable bonds is 6. The summed E-state index contributed by atoms with van der Waals surface area (Å²) in [6, 6.07) is 2.06. The topological polar surface area (TPSA) is 62.7 Å². The minimum absolute atomic E-state index is 0.0609. The summed E-state index contributed by atoms with van der Waals surface area (Å²) in [6.07, 6.45) is 5.75. The van der Waals surface area contributed by atoms with E-state index in [1.54, 1.807) is 11.1 Å². The van der Waals surface area contributed by atoms with Gasteiger partial charge in [-0.3, -0.25) is 9.69 Å². The molecule has 1 aromatic rings. The summed E-state index contributed by atoms with van der Waals surface area (Å²) in [4.78, 5) is 18.7. The van der Waals surface area contributed by atoms with Crippen molar-refractivity contribution in [2.45, 2.75) is 69.3 Å².